The van der Waals surface area contributed by atoms with E-state index >= 15 is 0 Å². The summed E-state index contributed by atoms with van der Waals surface area (Å²) in [6, 6.07) is -0.777. The summed E-state index contributed by atoms with van der Waals surface area (Å²) in [4.78, 5) is 11.8. The molecule has 2 N–H and O–H groups in total. The number of carbonyl (C=O) groups excluding carboxylic acids is 1. The van der Waals surface area contributed by atoms with Crippen molar-refractivity contribution in [3.05, 3.63) is 0 Å². The van der Waals surface area contributed by atoms with Crippen molar-refractivity contribution in [1.29, 1.82) is 0 Å². The van der Waals surface area contributed by atoms with Crippen LogP contribution >= 0.6 is 0 Å². The van der Waals surface area contributed by atoms with Crippen molar-refractivity contribution in [3.63, 3.8) is 0 Å². The minimum atomic E-state index is -3.63. The van der Waals surface area contributed by atoms with E-state index in [4.69, 9.17) is 4.74 Å². The molecule has 2 fully saturated rings. The van der Waals surface area contributed by atoms with Crippen molar-refractivity contribution in [2.75, 3.05) is 26.2 Å². The standard InChI is InChI=1S/C12H23N3O4S/c1-2-19-12(16)11-6-4-8-15(11)20(17,18)14-10-5-3-7-13-9-10/h10-11,13-14H,2-9H2,1H3/t10-,11?/m0/s1. The third kappa shape index (κ3) is 3.69. The highest BCUT2D eigenvalue weighted by Gasteiger charge is 2.40. The first-order valence-corrected chi connectivity index (χ1v) is 8.65. The van der Waals surface area contributed by atoms with Gasteiger partial charge in [0.25, 0.3) is 10.2 Å². The highest BCUT2D eigenvalue weighted by atomic mass is 32.2. The third-order valence-electron chi connectivity index (χ3n) is 3.68. The number of piperidine rings is 1. The van der Waals surface area contributed by atoms with Gasteiger partial charge in [-0.3, -0.25) is 4.79 Å². The van der Waals surface area contributed by atoms with E-state index in [1.807, 2.05) is 0 Å². The van der Waals surface area contributed by atoms with Crippen molar-refractivity contribution in [1.82, 2.24) is 14.3 Å². The molecule has 20 heavy (non-hydrogen) atoms. The van der Waals surface area contributed by atoms with Crippen LogP contribution in [0.2, 0.25) is 0 Å². The van der Waals surface area contributed by atoms with Crippen molar-refractivity contribution in [2.45, 2.75) is 44.7 Å². The average molecular weight is 305 g/mol. The SMILES string of the molecule is CCOC(=O)C1CCCN1S(=O)(=O)N[C@H]1CCCNC1. The van der Waals surface area contributed by atoms with Gasteiger partial charge in [-0.1, -0.05) is 0 Å². The van der Waals surface area contributed by atoms with Crippen LogP contribution in [0.3, 0.4) is 0 Å². The Kier molecular flexibility index (Phi) is 5.36. The molecule has 8 heteroatoms. The van der Waals surface area contributed by atoms with Gasteiger partial charge in [0.1, 0.15) is 6.04 Å². The second-order valence-electron chi connectivity index (χ2n) is 5.19. The fourth-order valence-electron chi connectivity index (χ4n) is 2.73. The molecule has 2 rings (SSSR count). The van der Waals surface area contributed by atoms with Crippen LogP contribution in [0, 0.1) is 0 Å². The van der Waals surface area contributed by atoms with Crippen LogP contribution in [-0.4, -0.2) is 57.0 Å². The van der Waals surface area contributed by atoms with Gasteiger partial charge in [-0.25, -0.2) is 0 Å². The molecule has 2 atom stereocenters. The normalized spacial score (nSPS) is 28.4. The maximum absolute atomic E-state index is 12.4. The van der Waals surface area contributed by atoms with E-state index < -0.39 is 22.2 Å². The first kappa shape index (κ1) is 15.7. The second kappa shape index (κ2) is 6.84. The summed E-state index contributed by atoms with van der Waals surface area (Å²) in [5.74, 6) is -0.447. The molecular weight excluding hydrogens is 282 g/mol. The molecule has 0 amide bonds. The van der Waals surface area contributed by atoms with E-state index in [0.29, 0.717) is 25.9 Å². The van der Waals surface area contributed by atoms with E-state index in [1.165, 1.54) is 4.31 Å². The lowest BCUT2D eigenvalue weighted by Gasteiger charge is -2.28. The van der Waals surface area contributed by atoms with E-state index in [-0.39, 0.29) is 12.6 Å². The number of rotatable bonds is 5. The predicted octanol–water partition coefficient (Wildman–Crippen LogP) is -0.400. The Bertz CT molecular complexity index is 434. The van der Waals surface area contributed by atoms with Crippen LogP contribution in [0.1, 0.15) is 32.6 Å². The molecule has 0 aromatic carbocycles. The Morgan fingerprint density at radius 1 is 1.40 bits per heavy atom. The van der Waals surface area contributed by atoms with Crippen LogP contribution in [-0.2, 0) is 19.7 Å². The van der Waals surface area contributed by atoms with E-state index in [9.17, 15) is 13.2 Å². The van der Waals surface area contributed by atoms with Gasteiger partial charge in [-0.2, -0.15) is 17.4 Å². The Balaban J connectivity index is 2.01. The summed E-state index contributed by atoms with van der Waals surface area (Å²) >= 11 is 0. The van der Waals surface area contributed by atoms with Crippen LogP contribution in [0.25, 0.3) is 0 Å². The molecule has 0 radical (unpaired) electrons. The summed E-state index contributed by atoms with van der Waals surface area (Å²) in [6.45, 7) is 3.92. The summed E-state index contributed by atoms with van der Waals surface area (Å²) in [5, 5.41) is 3.17. The van der Waals surface area contributed by atoms with Crippen LogP contribution in [0.15, 0.2) is 0 Å². The lowest BCUT2D eigenvalue weighted by atomic mass is 10.1. The number of nitrogens with zero attached hydrogens (tertiary/aromatic N) is 1. The molecule has 2 aliphatic heterocycles. The van der Waals surface area contributed by atoms with E-state index in [0.717, 1.165) is 19.4 Å². The van der Waals surface area contributed by atoms with Gasteiger partial charge in [0.05, 0.1) is 6.61 Å². The van der Waals surface area contributed by atoms with Crippen LogP contribution in [0.5, 0.6) is 0 Å². The maximum Gasteiger partial charge on any atom is 0.324 e. The summed E-state index contributed by atoms with van der Waals surface area (Å²) in [6.07, 6.45) is 2.99. The Morgan fingerprint density at radius 2 is 2.20 bits per heavy atom. The molecule has 2 heterocycles. The molecule has 2 aliphatic rings. The number of esters is 1. The zero-order chi connectivity index (χ0) is 14.6. The quantitative estimate of drug-likeness (QED) is 0.675. The monoisotopic (exact) mass is 305 g/mol. The van der Waals surface area contributed by atoms with Crippen LogP contribution in [0.4, 0.5) is 0 Å². The number of hydrogen-bond donors (Lipinski definition) is 2. The molecule has 1 unspecified atom stereocenters. The minimum Gasteiger partial charge on any atom is -0.465 e. The van der Waals surface area contributed by atoms with Gasteiger partial charge >= 0.3 is 5.97 Å². The number of carbonyl (C=O) groups is 1. The third-order valence-corrected chi connectivity index (χ3v) is 5.37. The minimum absolute atomic E-state index is 0.0998. The summed E-state index contributed by atoms with van der Waals surface area (Å²) in [7, 11) is -3.63. The van der Waals surface area contributed by atoms with Crippen molar-refractivity contribution < 1.29 is 17.9 Å². The molecular formula is C12H23N3O4S. The second-order valence-corrected chi connectivity index (χ2v) is 6.84. The van der Waals surface area contributed by atoms with Crippen molar-refractivity contribution in [3.8, 4) is 0 Å². The number of ether oxygens (including phenoxy) is 1. The smallest absolute Gasteiger partial charge is 0.324 e. The number of nitrogens with one attached hydrogen (secondary N) is 2. The zero-order valence-electron chi connectivity index (χ0n) is 11.8. The van der Waals surface area contributed by atoms with Gasteiger partial charge in [0.2, 0.25) is 0 Å². The van der Waals surface area contributed by atoms with E-state index in [2.05, 4.69) is 10.0 Å². The number of hydrogen-bond acceptors (Lipinski definition) is 5. The average Bonchev–Trinajstić information content (AvgIpc) is 2.90. The fourth-order valence-corrected chi connectivity index (χ4v) is 4.39. The molecule has 116 valence electrons. The fraction of sp³-hybridized carbons (Fsp3) is 0.917. The summed E-state index contributed by atoms with van der Waals surface area (Å²) < 4.78 is 33.7. The zero-order valence-corrected chi connectivity index (χ0v) is 12.6. The molecule has 2 saturated heterocycles. The summed E-state index contributed by atoms with van der Waals surface area (Å²) in [5.41, 5.74) is 0. The van der Waals surface area contributed by atoms with Gasteiger partial charge in [-0.15, -0.1) is 0 Å². The predicted molar refractivity (Wildman–Crippen MR) is 74.3 cm³/mol. The highest BCUT2D eigenvalue weighted by Crippen LogP contribution is 2.22. The Hall–Kier alpha value is -0.700. The molecule has 0 spiro atoms. The molecule has 0 saturated carbocycles. The molecule has 7 nitrogen and oxygen atoms in total. The molecule has 0 bridgehead atoms. The van der Waals surface area contributed by atoms with Gasteiger partial charge in [-0.05, 0) is 39.2 Å². The van der Waals surface area contributed by atoms with Gasteiger partial charge in [0.15, 0.2) is 0 Å². The highest BCUT2D eigenvalue weighted by molar-refractivity contribution is 7.87. The first-order chi connectivity index (χ1) is 9.54. The largest absolute Gasteiger partial charge is 0.465 e. The lowest BCUT2D eigenvalue weighted by molar-refractivity contribution is -0.146. The van der Waals surface area contributed by atoms with Crippen molar-refractivity contribution >= 4 is 16.2 Å². The topological polar surface area (TPSA) is 87.7 Å². The van der Waals surface area contributed by atoms with Gasteiger partial charge < -0.3 is 10.1 Å². The Labute approximate surface area is 120 Å². The maximum atomic E-state index is 12.4. The van der Waals surface area contributed by atoms with Crippen molar-refractivity contribution in [2.24, 2.45) is 0 Å². The van der Waals surface area contributed by atoms with Crippen LogP contribution < -0.4 is 10.0 Å². The van der Waals surface area contributed by atoms with E-state index in [1.54, 1.807) is 6.92 Å². The molecule has 0 aromatic heterocycles. The Morgan fingerprint density at radius 3 is 2.85 bits per heavy atom. The van der Waals surface area contributed by atoms with Gasteiger partial charge in [0, 0.05) is 19.1 Å². The first-order valence-electron chi connectivity index (χ1n) is 7.21. The molecule has 0 aromatic rings. The molecule has 0 aliphatic carbocycles. The lowest BCUT2D eigenvalue weighted by Crippen LogP contribution is -2.53.